The van der Waals surface area contributed by atoms with E-state index in [0.717, 1.165) is 46.6 Å². The molecule has 318 valence electrons. The smallest absolute Gasteiger partial charge is 0.0536 e. The van der Waals surface area contributed by atoms with Gasteiger partial charge in [-0.2, -0.15) is 0 Å². The van der Waals surface area contributed by atoms with E-state index in [1.807, 2.05) is 18.2 Å². The van der Waals surface area contributed by atoms with Crippen LogP contribution in [0.2, 0.25) is 0 Å². The second-order valence-electron chi connectivity index (χ2n) is 16.5. The summed E-state index contributed by atoms with van der Waals surface area (Å²) < 4.78 is 0. The molecule has 0 spiro atoms. The van der Waals surface area contributed by atoms with Gasteiger partial charge in [-0.05, 0) is 153 Å². The highest BCUT2D eigenvalue weighted by molar-refractivity contribution is 6.04. The van der Waals surface area contributed by atoms with Crippen LogP contribution in [0.15, 0.2) is 232 Å². The third-order valence-corrected chi connectivity index (χ3v) is 12.4. The zero-order valence-electron chi connectivity index (χ0n) is 38.1. The molecule has 1 aliphatic carbocycles. The molecule has 1 aliphatic rings. The Balaban J connectivity index is 1.32. The molecule has 0 aliphatic heterocycles. The summed E-state index contributed by atoms with van der Waals surface area (Å²) in [6.07, 6.45) is 20.7. The van der Waals surface area contributed by atoms with Crippen LogP contribution >= 0.6 is 0 Å². The molecule has 0 amide bonds. The Labute approximate surface area is 386 Å². The van der Waals surface area contributed by atoms with Gasteiger partial charge in [0.05, 0.1) is 5.69 Å². The van der Waals surface area contributed by atoms with Crippen LogP contribution in [-0.4, -0.2) is 0 Å². The summed E-state index contributed by atoms with van der Waals surface area (Å²) in [5.74, 6) is 0. The summed E-state index contributed by atoms with van der Waals surface area (Å²) in [6.45, 7) is 16.9. The third-order valence-electron chi connectivity index (χ3n) is 12.4. The van der Waals surface area contributed by atoms with Gasteiger partial charge >= 0.3 is 0 Å². The molecule has 7 aromatic rings. The number of hydrogen-bond acceptors (Lipinski definition) is 1. The Kier molecular flexibility index (Phi) is 13.9. The van der Waals surface area contributed by atoms with E-state index in [0.29, 0.717) is 0 Å². The third kappa shape index (κ3) is 9.47. The van der Waals surface area contributed by atoms with Gasteiger partial charge in [0.15, 0.2) is 0 Å². The average Bonchev–Trinajstić information content (AvgIpc) is 3.34. The first-order valence-corrected chi connectivity index (χ1v) is 22.7. The largest absolute Gasteiger partial charge is 0.310 e. The van der Waals surface area contributed by atoms with E-state index < -0.39 is 0 Å². The van der Waals surface area contributed by atoms with Gasteiger partial charge in [0.1, 0.15) is 0 Å². The second kappa shape index (κ2) is 20.6. The first-order chi connectivity index (χ1) is 31.9. The first-order valence-electron chi connectivity index (χ1n) is 22.7. The molecular formula is C64H57N. The van der Waals surface area contributed by atoms with Crippen molar-refractivity contribution in [1.82, 2.24) is 0 Å². The van der Waals surface area contributed by atoms with Crippen molar-refractivity contribution in [3.63, 3.8) is 0 Å². The van der Waals surface area contributed by atoms with Crippen LogP contribution in [0.5, 0.6) is 0 Å². The highest BCUT2D eigenvalue weighted by Crippen LogP contribution is 2.41. The summed E-state index contributed by atoms with van der Waals surface area (Å²) in [5.41, 5.74) is 17.7. The predicted molar refractivity (Wildman–Crippen MR) is 284 cm³/mol. The Morgan fingerprint density at radius 1 is 0.508 bits per heavy atom. The lowest BCUT2D eigenvalue weighted by molar-refractivity contribution is 1.25. The maximum atomic E-state index is 4.20. The minimum absolute atomic E-state index is 0.812. The molecule has 8 rings (SSSR count). The minimum Gasteiger partial charge on any atom is -0.310 e. The molecular weight excluding hydrogens is 783 g/mol. The Morgan fingerprint density at radius 2 is 1.03 bits per heavy atom. The lowest BCUT2D eigenvalue weighted by atomic mass is 9.91. The summed E-state index contributed by atoms with van der Waals surface area (Å²) in [5, 5.41) is 4.92. The summed E-state index contributed by atoms with van der Waals surface area (Å²) >= 11 is 0. The lowest BCUT2D eigenvalue weighted by Gasteiger charge is -2.28. The average molecular weight is 840 g/mol. The molecule has 7 aromatic carbocycles. The number of anilines is 3. The molecule has 0 bridgehead atoms. The van der Waals surface area contributed by atoms with Gasteiger partial charge in [-0.25, -0.2) is 0 Å². The van der Waals surface area contributed by atoms with E-state index in [2.05, 4.69) is 252 Å². The van der Waals surface area contributed by atoms with Crippen molar-refractivity contribution < 1.29 is 0 Å². The van der Waals surface area contributed by atoms with Crippen LogP contribution in [0.4, 0.5) is 17.1 Å². The van der Waals surface area contributed by atoms with Crippen LogP contribution in [0, 0.1) is 20.8 Å². The molecule has 0 radical (unpaired) electrons. The van der Waals surface area contributed by atoms with Crippen LogP contribution < -0.4 is 15.3 Å². The number of allylic oxidation sites excluding steroid dienone is 9. The van der Waals surface area contributed by atoms with E-state index >= 15 is 0 Å². The molecule has 0 aromatic heterocycles. The number of fused-ring (bicyclic) bond motifs is 2. The summed E-state index contributed by atoms with van der Waals surface area (Å²) in [7, 11) is 0. The van der Waals surface area contributed by atoms with Gasteiger partial charge in [0.25, 0.3) is 0 Å². The number of rotatable bonds is 10. The molecule has 1 nitrogen and oxygen atoms in total. The molecule has 0 heterocycles. The van der Waals surface area contributed by atoms with Crippen molar-refractivity contribution in [2.24, 2.45) is 0 Å². The fourth-order valence-corrected chi connectivity index (χ4v) is 9.24. The number of benzene rings is 6. The van der Waals surface area contributed by atoms with E-state index in [1.54, 1.807) is 0 Å². The zero-order chi connectivity index (χ0) is 45.1. The number of aryl methyl sites for hydroxylation is 3. The van der Waals surface area contributed by atoms with E-state index in [-0.39, 0.29) is 0 Å². The van der Waals surface area contributed by atoms with Gasteiger partial charge in [-0.3, -0.25) is 0 Å². The number of hydrogen-bond donors (Lipinski definition) is 0. The van der Waals surface area contributed by atoms with Crippen LogP contribution in [0.3, 0.4) is 0 Å². The zero-order valence-corrected chi connectivity index (χ0v) is 38.1. The van der Waals surface area contributed by atoms with Gasteiger partial charge in [-0.15, -0.1) is 0 Å². The van der Waals surface area contributed by atoms with Crippen molar-refractivity contribution in [3.05, 3.63) is 281 Å². The maximum Gasteiger partial charge on any atom is 0.0536 e. The highest BCUT2D eigenvalue weighted by Gasteiger charge is 2.19. The fourth-order valence-electron chi connectivity index (χ4n) is 9.24. The highest BCUT2D eigenvalue weighted by atomic mass is 15.1. The monoisotopic (exact) mass is 839 g/mol. The van der Waals surface area contributed by atoms with Gasteiger partial charge in [-0.1, -0.05) is 207 Å². The number of nitrogens with zero attached hydrogens (tertiary/aromatic N) is 1. The summed E-state index contributed by atoms with van der Waals surface area (Å²) in [6, 6.07) is 62.0. The molecule has 0 N–H and O–H groups in total. The quantitative estimate of drug-likeness (QED) is 0.124. The predicted octanol–water partition coefficient (Wildman–Crippen LogP) is 16.1. The molecule has 0 fully saturated rings. The lowest BCUT2D eigenvalue weighted by Crippen LogP contribution is -2.29. The molecule has 0 unspecified atom stereocenters. The minimum atomic E-state index is 0.812. The van der Waals surface area contributed by atoms with Gasteiger partial charge in [0, 0.05) is 16.9 Å². The van der Waals surface area contributed by atoms with Gasteiger partial charge < -0.3 is 4.90 Å². The fraction of sp³-hybridized carbons (Fsp3) is 0.0938. The van der Waals surface area contributed by atoms with E-state index in [9.17, 15) is 0 Å². The molecule has 65 heavy (non-hydrogen) atoms. The van der Waals surface area contributed by atoms with Crippen LogP contribution in [-0.2, 0) is 0 Å². The standard InChI is InChI=1S/C64H57N/c1-7-10-30-55-46(4)27-24-37-62(55)65(53-42-38-51(39-43-53)57-32-17-12-11-16-31-56(50-28-14-13-15-29-50)58-33-20-21-34-59(57)58)54-44-40-52(41-45-54)64-48(6)26-19-18-25-47(5)63(49(8-2)9-3)60-35-22-23-36-61(60)64/h7-30,33-45H,1-2,31-32H2,3-6H3/b16-11-,17-12-,19-18?,25-18?,26-19?,30-10-,47-25?,48-26?,49-9+,58-56+,59-57+,63-47?,63-60?,64-48?,64-61?. The summed E-state index contributed by atoms with van der Waals surface area (Å²) in [4.78, 5) is 2.39. The SMILES string of the molecule is C=C/C=C\c1c(C)cccc1N(c1ccc(/C2=c3\cccc\c3=C(/c3ccccc3)C/C=C\C=C/C2)cc1)c1ccc(-c2c(C)ccccc(C)c(/C(C=C)=C/C)c3ccccc23)cc1. The molecule has 0 saturated carbocycles. The maximum absolute atomic E-state index is 4.20. The van der Waals surface area contributed by atoms with Crippen LogP contribution in [0.1, 0.15) is 58.7 Å². The van der Waals surface area contributed by atoms with Gasteiger partial charge in [0.2, 0.25) is 0 Å². The molecule has 0 atom stereocenters. The Morgan fingerprint density at radius 3 is 1.63 bits per heavy atom. The van der Waals surface area contributed by atoms with Crippen molar-refractivity contribution in [3.8, 4) is 11.1 Å². The molecule has 1 heteroatoms. The molecule has 0 saturated heterocycles. The first kappa shape index (κ1) is 43.9. The topological polar surface area (TPSA) is 3.24 Å². The second-order valence-corrected chi connectivity index (χ2v) is 16.5. The van der Waals surface area contributed by atoms with E-state index in [4.69, 9.17) is 0 Å². The van der Waals surface area contributed by atoms with Crippen LogP contribution in [0.25, 0.3) is 44.7 Å². The van der Waals surface area contributed by atoms with Crippen molar-refractivity contribution in [2.45, 2.75) is 40.5 Å². The van der Waals surface area contributed by atoms with Crippen molar-refractivity contribution >= 4 is 50.6 Å². The normalized spacial score (nSPS) is 15.4. The Bertz CT molecular complexity index is 3190. The van der Waals surface area contributed by atoms with E-state index in [1.165, 1.54) is 71.3 Å². The Hall–Kier alpha value is -7.74. The van der Waals surface area contributed by atoms with Crippen molar-refractivity contribution in [1.29, 1.82) is 0 Å². The van der Waals surface area contributed by atoms with Crippen molar-refractivity contribution in [2.75, 3.05) is 4.90 Å².